The number of hydrogen-bond acceptors (Lipinski definition) is 3. The van der Waals surface area contributed by atoms with Gasteiger partial charge in [-0.15, -0.1) is 0 Å². The number of amides is 2. The third-order valence-corrected chi connectivity index (χ3v) is 9.53. The lowest BCUT2D eigenvalue weighted by molar-refractivity contribution is -0.135. The Kier molecular flexibility index (Phi) is 11.5. The molecule has 0 saturated carbocycles. The maximum absolute atomic E-state index is 12.6. The van der Waals surface area contributed by atoms with Gasteiger partial charge < -0.3 is 14.7 Å². The van der Waals surface area contributed by atoms with Crippen LogP contribution in [0, 0.1) is 0 Å². The van der Waals surface area contributed by atoms with Crippen molar-refractivity contribution in [2.75, 3.05) is 39.8 Å². The molecule has 0 aromatic heterocycles. The first-order chi connectivity index (χ1) is 20.2. The van der Waals surface area contributed by atoms with Crippen molar-refractivity contribution in [3.05, 3.63) is 106 Å². The first kappa shape index (κ1) is 32.1. The van der Waals surface area contributed by atoms with Crippen LogP contribution in [0.5, 0.6) is 0 Å². The minimum atomic E-state index is -0.128. The molecule has 3 aromatic rings. The molecule has 0 N–H and O–H groups in total. The summed E-state index contributed by atoms with van der Waals surface area (Å²) in [6.45, 7) is 8.73. The monoisotopic (exact) mass is 607 g/mol. The van der Waals surface area contributed by atoms with Crippen LogP contribution in [0.25, 0.3) is 0 Å². The zero-order valence-electron chi connectivity index (χ0n) is 25.1. The van der Waals surface area contributed by atoms with Gasteiger partial charge in [-0.1, -0.05) is 84.7 Å². The van der Waals surface area contributed by atoms with Crippen LogP contribution in [0.15, 0.2) is 78.9 Å². The molecule has 2 heterocycles. The van der Waals surface area contributed by atoms with Crippen molar-refractivity contribution in [1.29, 1.82) is 0 Å². The Morgan fingerprint density at radius 3 is 2.14 bits per heavy atom. The first-order valence-corrected chi connectivity index (χ1v) is 15.8. The fraction of sp³-hybridized carbons (Fsp3) is 0.429. The van der Waals surface area contributed by atoms with E-state index in [-0.39, 0.29) is 17.4 Å². The van der Waals surface area contributed by atoms with Crippen LogP contribution >= 0.6 is 23.2 Å². The van der Waals surface area contributed by atoms with Crippen molar-refractivity contribution < 1.29 is 9.59 Å². The summed E-state index contributed by atoms with van der Waals surface area (Å²) in [5.74, 6) is 0.569. The quantitative estimate of drug-likeness (QED) is 0.286. The molecule has 0 radical (unpaired) electrons. The van der Waals surface area contributed by atoms with Crippen LogP contribution < -0.4 is 0 Å². The molecule has 1 atom stereocenters. The summed E-state index contributed by atoms with van der Waals surface area (Å²) in [6, 6.07) is 25.7. The Morgan fingerprint density at radius 1 is 0.905 bits per heavy atom. The van der Waals surface area contributed by atoms with Gasteiger partial charge in [0.1, 0.15) is 0 Å². The average Bonchev–Trinajstić information content (AvgIpc) is 3.03. The highest BCUT2D eigenvalue weighted by molar-refractivity contribution is 6.42. The summed E-state index contributed by atoms with van der Waals surface area (Å²) in [6.07, 6.45) is 5.31. The lowest BCUT2D eigenvalue weighted by Crippen LogP contribution is -2.53. The Bertz CT molecular complexity index is 1310. The maximum atomic E-state index is 12.6. The number of carbonyl (C=O) groups is 2. The van der Waals surface area contributed by atoms with Gasteiger partial charge in [-0.3, -0.25) is 9.59 Å². The molecule has 2 aliphatic heterocycles. The number of hydrogen-bond donors (Lipinski definition) is 0. The topological polar surface area (TPSA) is 43.9 Å². The zero-order chi connectivity index (χ0) is 30.1. The number of piperidine rings is 2. The van der Waals surface area contributed by atoms with Gasteiger partial charge >= 0.3 is 0 Å². The lowest BCUT2D eigenvalue weighted by atomic mass is 9.79. The van der Waals surface area contributed by atoms with E-state index in [0.29, 0.717) is 16.0 Å². The smallest absolute Gasteiger partial charge is 0.253 e. The van der Waals surface area contributed by atoms with Crippen molar-refractivity contribution in [3.63, 3.8) is 0 Å². The molecule has 0 bridgehead atoms. The van der Waals surface area contributed by atoms with Crippen molar-refractivity contribution in [2.45, 2.75) is 57.4 Å². The molecule has 224 valence electrons. The largest absolute Gasteiger partial charge is 0.338 e. The molecule has 1 unspecified atom stereocenters. The molecule has 5 nitrogen and oxygen atoms in total. The third-order valence-electron chi connectivity index (χ3n) is 8.79. The van der Waals surface area contributed by atoms with E-state index in [1.807, 2.05) is 71.4 Å². The molecule has 2 saturated heterocycles. The van der Waals surface area contributed by atoms with Gasteiger partial charge in [0.2, 0.25) is 5.91 Å². The number of benzene rings is 3. The molecule has 5 rings (SSSR count). The summed E-state index contributed by atoms with van der Waals surface area (Å²) in [4.78, 5) is 30.9. The van der Waals surface area contributed by atoms with E-state index in [4.69, 9.17) is 23.2 Å². The Hall–Kier alpha value is -2.86. The lowest BCUT2D eigenvalue weighted by Gasteiger charge is -2.47. The number of halogens is 2. The molecule has 0 aliphatic carbocycles. The predicted molar refractivity (Wildman–Crippen MR) is 173 cm³/mol. The minimum Gasteiger partial charge on any atom is -0.338 e. The van der Waals surface area contributed by atoms with Crippen LogP contribution in [0.3, 0.4) is 0 Å². The van der Waals surface area contributed by atoms with E-state index in [2.05, 4.69) is 36.1 Å². The summed E-state index contributed by atoms with van der Waals surface area (Å²) >= 11 is 12.1. The summed E-state index contributed by atoms with van der Waals surface area (Å²) in [5, 5.41) is 1.14. The van der Waals surface area contributed by atoms with Crippen molar-refractivity contribution in [2.24, 2.45) is 0 Å². The van der Waals surface area contributed by atoms with E-state index in [9.17, 15) is 9.59 Å². The minimum absolute atomic E-state index is 0.102. The molecule has 42 heavy (non-hydrogen) atoms. The molecule has 3 aromatic carbocycles. The molecule has 2 amide bonds. The van der Waals surface area contributed by atoms with Gasteiger partial charge in [0, 0.05) is 51.6 Å². The molecular weight excluding hydrogens is 565 g/mol. The standard InChI is InChI=1S/C18H17Cl2NO.C17H26N2O/c19-16-9-8-14(11-17(16)20)15-7-4-10-21(12-15)18(22)13-5-2-1-3-6-13;1-4-12-19-13-10-17(11-14-19,18(3)15(2)20)16-8-6-5-7-9-16/h1-3,5-6,8-9,11,15H,4,7,10,12H2;5-9H,4,10-14H2,1-3H3. The molecule has 0 spiro atoms. The normalized spacial score (nSPS) is 18.5. The fourth-order valence-corrected chi connectivity index (χ4v) is 6.60. The highest BCUT2D eigenvalue weighted by atomic mass is 35.5. The van der Waals surface area contributed by atoms with Crippen LogP contribution in [0.4, 0.5) is 0 Å². The Balaban J connectivity index is 0.000000194. The fourth-order valence-electron chi connectivity index (χ4n) is 6.29. The second-order valence-electron chi connectivity index (χ2n) is 11.4. The molecule has 2 fully saturated rings. The number of nitrogens with zero attached hydrogens (tertiary/aromatic N) is 3. The van der Waals surface area contributed by atoms with E-state index in [1.165, 1.54) is 12.0 Å². The second-order valence-corrected chi connectivity index (χ2v) is 12.3. The van der Waals surface area contributed by atoms with Crippen LogP contribution in [-0.4, -0.2) is 66.3 Å². The third kappa shape index (κ3) is 7.75. The molecule has 7 heteroatoms. The van der Waals surface area contributed by atoms with Gasteiger partial charge in [-0.2, -0.15) is 0 Å². The van der Waals surface area contributed by atoms with Gasteiger partial charge in [0.05, 0.1) is 15.6 Å². The highest BCUT2D eigenvalue weighted by Crippen LogP contribution is 2.38. The zero-order valence-corrected chi connectivity index (χ0v) is 26.6. The van der Waals surface area contributed by atoms with Gasteiger partial charge in [0.15, 0.2) is 0 Å². The van der Waals surface area contributed by atoms with E-state index in [0.717, 1.165) is 69.5 Å². The van der Waals surface area contributed by atoms with Crippen LogP contribution in [-0.2, 0) is 10.3 Å². The highest BCUT2D eigenvalue weighted by Gasteiger charge is 2.40. The Labute approximate surface area is 261 Å². The van der Waals surface area contributed by atoms with Crippen molar-refractivity contribution in [1.82, 2.24) is 14.7 Å². The number of likely N-dealkylation sites (tertiary alicyclic amines) is 2. The summed E-state index contributed by atoms with van der Waals surface area (Å²) in [5.41, 5.74) is 3.04. The maximum Gasteiger partial charge on any atom is 0.253 e. The van der Waals surface area contributed by atoms with Crippen LogP contribution in [0.2, 0.25) is 10.0 Å². The first-order valence-electron chi connectivity index (χ1n) is 15.1. The SMILES string of the molecule is CCCN1CCC(c2ccccc2)(N(C)C(C)=O)CC1.O=C(c1ccccc1)N1CCCC(c2ccc(Cl)c(Cl)c2)C1. The van der Waals surface area contributed by atoms with E-state index < -0.39 is 0 Å². The van der Waals surface area contributed by atoms with Crippen LogP contribution in [0.1, 0.15) is 73.4 Å². The number of rotatable bonds is 6. The summed E-state index contributed by atoms with van der Waals surface area (Å²) < 4.78 is 0. The molecular formula is C35H43Cl2N3O2. The predicted octanol–water partition coefficient (Wildman–Crippen LogP) is 7.88. The van der Waals surface area contributed by atoms with Crippen molar-refractivity contribution >= 4 is 35.0 Å². The van der Waals surface area contributed by atoms with E-state index in [1.54, 1.807) is 6.92 Å². The van der Waals surface area contributed by atoms with E-state index >= 15 is 0 Å². The number of carbonyl (C=O) groups excluding carboxylic acids is 2. The average molecular weight is 609 g/mol. The van der Waals surface area contributed by atoms with Gasteiger partial charge in [0.25, 0.3) is 5.91 Å². The van der Waals surface area contributed by atoms with Crippen molar-refractivity contribution in [3.8, 4) is 0 Å². The Morgan fingerprint density at radius 2 is 1.55 bits per heavy atom. The van der Waals surface area contributed by atoms with Gasteiger partial charge in [-0.25, -0.2) is 0 Å². The molecule has 2 aliphatic rings. The second kappa shape index (κ2) is 15.0. The summed E-state index contributed by atoms with van der Waals surface area (Å²) in [7, 11) is 1.95. The van der Waals surface area contributed by atoms with Gasteiger partial charge in [-0.05, 0) is 74.0 Å².